The fourth-order valence-electron chi connectivity index (χ4n) is 3.03. The summed E-state index contributed by atoms with van der Waals surface area (Å²) >= 11 is 2.64. The van der Waals surface area contributed by atoms with Crippen LogP contribution >= 0.6 is 23.1 Å². The SMILES string of the molecule is COC(=O)Cn1c(=NC(=O)CSCC(=O)N2CCCC2)sc2cc(C)ccc21. The van der Waals surface area contributed by atoms with Gasteiger partial charge in [-0.05, 0) is 37.5 Å². The Morgan fingerprint density at radius 2 is 1.96 bits per heavy atom. The number of nitrogens with zero attached hydrogens (tertiary/aromatic N) is 3. The Hall–Kier alpha value is -2.13. The number of esters is 1. The van der Waals surface area contributed by atoms with Crippen LogP contribution in [-0.4, -0.2) is 59.0 Å². The van der Waals surface area contributed by atoms with E-state index in [-0.39, 0.29) is 29.9 Å². The first-order chi connectivity index (χ1) is 13.5. The van der Waals surface area contributed by atoms with Crippen molar-refractivity contribution in [1.82, 2.24) is 9.47 Å². The molecule has 0 unspecified atom stereocenters. The van der Waals surface area contributed by atoms with E-state index in [1.807, 2.05) is 30.0 Å². The van der Waals surface area contributed by atoms with Crippen molar-refractivity contribution in [2.24, 2.45) is 4.99 Å². The van der Waals surface area contributed by atoms with Gasteiger partial charge in [0.05, 0.1) is 28.8 Å². The van der Waals surface area contributed by atoms with Crippen LogP contribution in [0.4, 0.5) is 0 Å². The van der Waals surface area contributed by atoms with E-state index in [4.69, 9.17) is 4.74 Å². The van der Waals surface area contributed by atoms with Gasteiger partial charge in [0.2, 0.25) is 5.91 Å². The smallest absolute Gasteiger partial charge is 0.325 e. The highest BCUT2D eigenvalue weighted by molar-refractivity contribution is 8.00. The molecule has 28 heavy (non-hydrogen) atoms. The summed E-state index contributed by atoms with van der Waals surface area (Å²) in [5, 5.41) is 0. The van der Waals surface area contributed by atoms with E-state index in [9.17, 15) is 14.4 Å². The predicted octanol–water partition coefficient (Wildman–Crippen LogP) is 1.97. The zero-order valence-electron chi connectivity index (χ0n) is 16.0. The molecular formula is C19H23N3O4S2. The second-order valence-corrected chi connectivity index (χ2v) is 8.60. The number of hydrogen-bond acceptors (Lipinski definition) is 6. The minimum atomic E-state index is -0.403. The number of carbonyl (C=O) groups is 3. The zero-order valence-corrected chi connectivity index (χ0v) is 17.6. The molecule has 1 saturated heterocycles. The van der Waals surface area contributed by atoms with Gasteiger partial charge in [-0.2, -0.15) is 4.99 Å². The molecule has 1 aromatic heterocycles. The summed E-state index contributed by atoms with van der Waals surface area (Å²) in [7, 11) is 1.33. The molecular weight excluding hydrogens is 398 g/mol. The van der Waals surface area contributed by atoms with Crippen molar-refractivity contribution in [2.45, 2.75) is 26.3 Å². The molecule has 9 heteroatoms. The van der Waals surface area contributed by atoms with E-state index in [1.54, 1.807) is 4.57 Å². The van der Waals surface area contributed by atoms with E-state index in [0.717, 1.165) is 41.7 Å². The van der Waals surface area contributed by atoms with Crippen LogP contribution < -0.4 is 4.80 Å². The first kappa shape index (κ1) is 20.6. The van der Waals surface area contributed by atoms with E-state index in [2.05, 4.69) is 4.99 Å². The van der Waals surface area contributed by atoms with Crippen LogP contribution in [0.25, 0.3) is 10.2 Å². The minimum Gasteiger partial charge on any atom is -0.468 e. The molecule has 7 nitrogen and oxygen atoms in total. The number of thioether (sulfide) groups is 1. The number of methoxy groups -OCH3 is 1. The molecule has 2 aromatic rings. The number of rotatable bonds is 6. The highest BCUT2D eigenvalue weighted by Gasteiger charge is 2.18. The summed E-state index contributed by atoms with van der Waals surface area (Å²) in [5.74, 6) is -0.227. The van der Waals surface area contributed by atoms with Gasteiger partial charge in [0.15, 0.2) is 4.80 Å². The van der Waals surface area contributed by atoms with Crippen molar-refractivity contribution < 1.29 is 19.1 Å². The first-order valence-corrected chi connectivity index (χ1v) is 11.0. The lowest BCUT2D eigenvalue weighted by molar-refractivity contribution is -0.141. The number of amides is 2. The van der Waals surface area contributed by atoms with Crippen molar-refractivity contribution in [1.29, 1.82) is 0 Å². The lowest BCUT2D eigenvalue weighted by Gasteiger charge is -2.14. The Labute approximate surface area is 171 Å². The quantitative estimate of drug-likeness (QED) is 0.666. The molecule has 0 spiro atoms. The predicted molar refractivity (Wildman–Crippen MR) is 110 cm³/mol. The van der Waals surface area contributed by atoms with Crippen molar-refractivity contribution >= 4 is 51.1 Å². The number of benzene rings is 1. The molecule has 3 rings (SSSR count). The Kier molecular flexibility index (Phi) is 6.90. The summed E-state index contributed by atoms with van der Waals surface area (Å²) in [4.78, 5) is 42.7. The molecule has 0 bridgehead atoms. The Morgan fingerprint density at radius 1 is 1.21 bits per heavy atom. The van der Waals surface area contributed by atoms with E-state index >= 15 is 0 Å². The molecule has 0 atom stereocenters. The van der Waals surface area contributed by atoms with Gasteiger partial charge in [-0.1, -0.05) is 17.4 Å². The molecule has 0 radical (unpaired) electrons. The van der Waals surface area contributed by atoms with E-state index in [0.29, 0.717) is 4.80 Å². The molecule has 1 fully saturated rings. The van der Waals surface area contributed by atoms with Crippen molar-refractivity contribution in [3.63, 3.8) is 0 Å². The van der Waals surface area contributed by atoms with Gasteiger partial charge in [0.1, 0.15) is 6.54 Å². The first-order valence-electron chi connectivity index (χ1n) is 9.08. The second-order valence-electron chi connectivity index (χ2n) is 6.60. The summed E-state index contributed by atoms with van der Waals surface area (Å²) in [6, 6.07) is 5.87. The molecule has 1 aromatic carbocycles. The maximum Gasteiger partial charge on any atom is 0.325 e. The van der Waals surface area contributed by atoms with Crippen LogP contribution in [0.3, 0.4) is 0 Å². The molecule has 2 heterocycles. The number of likely N-dealkylation sites (tertiary alicyclic amines) is 1. The van der Waals surface area contributed by atoms with Crippen LogP contribution in [0.5, 0.6) is 0 Å². The topological polar surface area (TPSA) is 81.0 Å². The molecule has 1 aliphatic rings. The van der Waals surface area contributed by atoms with Crippen molar-refractivity contribution in [3.05, 3.63) is 28.6 Å². The number of carbonyl (C=O) groups excluding carboxylic acids is 3. The summed E-state index contributed by atoms with van der Waals surface area (Å²) in [6.07, 6.45) is 2.10. The Balaban J connectivity index is 1.73. The fourth-order valence-corrected chi connectivity index (χ4v) is 4.88. The summed E-state index contributed by atoms with van der Waals surface area (Å²) < 4.78 is 7.42. The van der Waals surface area contributed by atoms with Crippen LogP contribution in [0.15, 0.2) is 23.2 Å². The fraction of sp³-hybridized carbons (Fsp3) is 0.474. The average molecular weight is 422 g/mol. The van der Waals surface area contributed by atoms with Gasteiger partial charge in [0.25, 0.3) is 5.91 Å². The van der Waals surface area contributed by atoms with E-state index < -0.39 is 5.97 Å². The number of thiazole rings is 1. The normalized spacial score (nSPS) is 14.6. The maximum atomic E-state index is 12.3. The van der Waals surface area contributed by atoms with Crippen LogP contribution in [0, 0.1) is 6.92 Å². The Morgan fingerprint density at radius 3 is 2.68 bits per heavy atom. The molecule has 0 N–H and O–H groups in total. The zero-order chi connectivity index (χ0) is 20.1. The molecule has 150 valence electrons. The molecule has 0 saturated carbocycles. The third kappa shape index (κ3) is 5.02. The third-order valence-corrected chi connectivity index (χ3v) is 6.43. The van der Waals surface area contributed by atoms with Gasteiger partial charge < -0.3 is 14.2 Å². The number of hydrogen-bond donors (Lipinski definition) is 0. The number of aromatic nitrogens is 1. The van der Waals surface area contributed by atoms with E-state index in [1.165, 1.54) is 30.2 Å². The van der Waals surface area contributed by atoms with Crippen molar-refractivity contribution in [2.75, 3.05) is 31.7 Å². The second kappa shape index (κ2) is 9.38. The highest BCUT2D eigenvalue weighted by atomic mass is 32.2. The number of aryl methyl sites for hydroxylation is 1. The minimum absolute atomic E-state index is 0.00768. The van der Waals surface area contributed by atoms with Crippen LogP contribution in [0.2, 0.25) is 0 Å². The van der Waals surface area contributed by atoms with Gasteiger partial charge >= 0.3 is 5.97 Å². The van der Waals surface area contributed by atoms with Crippen LogP contribution in [0.1, 0.15) is 18.4 Å². The summed E-state index contributed by atoms with van der Waals surface area (Å²) in [6.45, 7) is 3.60. The highest BCUT2D eigenvalue weighted by Crippen LogP contribution is 2.19. The van der Waals surface area contributed by atoms with Gasteiger partial charge in [0, 0.05) is 13.1 Å². The number of fused-ring (bicyclic) bond motifs is 1. The van der Waals surface area contributed by atoms with Gasteiger partial charge in [-0.15, -0.1) is 11.8 Å². The molecule has 0 aliphatic carbocycles. The molecule has 2 amide bonds. The van der Waals surface area contributed by atoms with Gasteiger partial charge in [-0.3, -0.25) is 14.4 Å². The van der Waals surface area contributed by atoms with Crippen molar-refractivity contribution in [3.8, 4) is 0 Å². The number of ether oxygens (including phenoxy) is 1. The van der Waals surface area contributed by atoms with Gasteiger partial charge in [-0.25, -0.2) is 0 Å². The maximum absolute atomic E-state index is 12.3. The molecule has 1 aliphatic heterocycles. The summed E-state index contributed by atoms with van der Waals surface area (Å²) in [5.41, 5.74) is 1.93. The Bertz CT molecular complexity index is 958. The lowest BCUT2D eigenvalue weighted by atomic mass is 10.2. The van der Waals surface area contributed by atoms with Crippen LogP contribution in [-0.2, 0) is 25.7 Å². The third-order valence-electron chi connectivity index (χ3n) is 4.48. The lowest BCUT2D eigenvalue weighted by Crippen LogP contribution is -2.29. The largest absolute Gasteiger partial charge is 0.468 e. The monoisotopic (exact) mass is 421 g/mol. The average Bonchev–Trinajstić information content (AvgIpc) is 3.30. The standard InChI is InChI=1S/C19H23N3O4S2/c1-13-5-6-14-15(9-13)28-19(22(14)10-18(25)26-2)20-16(23)11-27-12-17(24)21-7-3-4-8-21/h5-6,9H,3-4,7-8,10-12H2,1-2H3.